The molecule has 2 N–H and O–H groups in total. The Labute approximate surface area is 108 Å². The first kappa shape index (κ1) is 13.6. The second kappa shape index (κ2) is 5.77. The SMILES string of the molecule is CCOC(=O)c1c(N)cc(OC)c(Br)c1OC. The van der Waals surface area contributed by atoms with Crippen molar-refractivity contribution in [2.24, 2.45) is 0 Å². The molecule has 0 fully saturated rings. The number of halogens is 1. The molecule has 1 aromatic carbocycles. The van der Waals surface area contributed by atoms with Gasteiger partial charge in [0.25, 0.3) is 0 Å². The number of ether oxygens (including phenoxy) is 3. The van der Waals surface area contributed by atoms with E-state index in [0.717, 1.165) is 0 Å². The first-order chi connectivity index (χ1) is 8.06. The van der Waals surface area contributed by atoms with Gasteiger partial charge in [-0.25, -0.2) is 4.79 Å². The molecule has 0 bridgehead atoms. The van der Waals surface area contributed by atoms with Crippen LogP contribution in [0.2, 0.25) is 0 Å². The minimum Gasteiger partial charge on any atom is -0.495 e. The highest BCUT2D eigenvalue weighted by Gasteiger charge is 2.23. The van der Waals surface area contributed by atoms with Crippen LogP contribution < -0.4 is 15.2 Å². The number of carbonyl (C=O) groups excluding carboxylic acids is 1. The van der Waals surface area contributed by atoms with Crippen LogP contribution in [0.15, 0.2) is 10.5 Å². The maximum atomic E-state index is 11.8. The van der Waals surface area contributed by atoms with Crippen molar-refractivity contribution in [1.82, 2.24) is 0 Å². The second-order valence-electron chi connectivity index (χ2n) is 3.11. The molecule has 1 aromatic rings. The van der Waals surface area contributed by atoms with E-state index in [4.69, 9.17) is 19.9 Å². The van der Waals surface area contributed by atoms with Gasteiger partial charge in [0.2, 0.25) is 0 Å². The van der Waals surface area contributed by atoms with Gasteiger partial charge in [-0.1, -0.05) is 0 Å². The molecule has 0 saturated heterocycles. The van der Waals surface area contributed by atoms with Crippen molar-refractivity contribution in [2.45, 2.75) is 6.92 Å². The van der Waals surface area contributed by atoms with E-state index in [-0.39, 0.29) is 17.9 Å². The zero-order valence-corrected chi connectivity index (χ0v) is 11.5. The molecule has 17 heavy (non-hydrogen) atoms. The molecule has 0 radical (unpaired) electrons. The van der Waals surface area contributed by atoms with Crippen LogP contribution in [0.1, 0.15) is 17.3 Å². The normalized spacial score (nSPS) is 9.88. The molecule has 0 aliphatic heterocycles. The largest absolute Gasteiger partial charge is 0.495 e. The lowest BCUT2D eigenvalue weighted by atomic mass is 10.1. The quantitative estimate of drug-likeness (QED) is 0.682. The Morgan fingerprint density at radius 1 is 1.41 bits per heavy atom. The lowest BCUT2D eigenvalue weighted by molar-refractivity contribution is 0.0524. The topological polar surface area (TPSA) is 70.8 Å². The first-order valence-corrected chi connectivity index (χ1v) is 5.73. The number of nitrogens with two attached hydrogens (primary N) is 1. The molecule has 0 heterocycles. The van der Waals surface area contributed by atoms with Gasteiger partial charge < -0.3 is 19.9 Å². The van der Waals surface area contributed by atoms with E-state index in [1.807, 2.05) is 0 Å². The summed E-state index contributed by atoms with van der Waals surface area (Å²) in [5.74, 6) is 0.276. The maximum absolute atomic E-state index is 11.8. The third-order valence-corrected chi connectivity index (χ3v) is 2.87. The number of nitrogen functional groups attached to an aromatic ring is 1. The average Bonchev–Trinajstić information content (AvgIpc) is 2.31. The summed E-state index contributed by atoms with van der Waals surface area (Å²) in [5, 5.41) is 0. The van der Waals surface area contributed by atoms with Crippen LogP contribution in [-0.4, -0.2) is 26.8 Å². The molecule has 0 unspecified atom stereocenters. The van der Waals surface area contributed by atoms with Crippen molar-refractivity contribution in [3.63, 3.8) is 0 Å². The highest BCUT2D eigenvalue weighted by molar-refractivity contribution is 9.10. The Balaban J connectivity index is 3.38. The number of benzene rings is 1. The molecule has 0 amide bonds. The zero-order valence-electron chi connectivity index (χ0n) is 9.87. The Hall–Kier alpha value is -1.43. The number of hydrogen-bond acceptors (Lipinski definition) is 5. The lowest BCUT2D eigenvalue weighted by Crippen LogP contribution is -2.11. The van der Waals surface area contributed by atoms with Crippen LogP contribution in [-0.2, 0) is 4.74 Å². The minimum absolute atomic E-state index is 0.196. The van der Waals surface area contributed by atoms with Crippen molar-refractivity contribution >= 4 is 27.6 Å². The van der Waals surface area contributed by atoms with Gasteiger partial charge >= 0.3 is 5.97 Å². The fourth-order valence-electron chi connectivity index (χ4n) is 1.38. The third kappa shape index (κ3) is 2.63. The number of anilines is 1. The van der Waals surface area contributed by atoms with Crippen molar-refractivity contribution in [2.75, 3.05) is 26.6 Å². The van der Waals surface area contributed by atoms with E-state index < -0.39 is 5.97 Å². The van der Waals surface area contributed by atoms with Gasteiger partial charge in [-0.15, -0.1) is 0 Å². The van der Waals surface area contributed by atoms with Crippen molar-refractivity contribution in [1.29, 1.82) is 0 Å². The molecule has 0 aliphatic carbocycles. The van der Waals surface area contributed by atoms with Crippen molar-refractivity contribution < 1.29 is 19.0 Å². The number of carbonyl (C=O) groups is 1. The smallest absolute Gasteiger partial charge is 0.344 e. The lowest BCUT2D eigenvalue weighted by Gasteiger charge is -2.14. The van der Waals surface area contributed by atoms with E-state index >= 15 is 0 Å². The Bertz CT molecular complexity index is 434. The van der Waals surface area contributed by atoms with Crippen molar-refractivity contribution in [3.8, 4) is 11.5 Å². The molecule has 0 aromatic heterocycles. The van der Waals surface area contributed by atoms with E-state index in [1.165, 1.54) is 14.2 Å². The van der Waals surface area contributed by atoms with Gasteiger partial charge in [0.15, 0.2) is 5.75 Å². The summed E-state index contributed by atoms with van der Waals surface area (Å²) in [6.45, 7) is 1.99. The Kier molecular flexibility index (Phi) is 4.62. The summed E-state index contributed by atoms with van der Waals surface area (Å²) in [6, 6.07) is 1.54. The predicted molar refractivity (Wildman–Crippen MR) is 67.6 cm³/mol. The van der Waals surface area contributed by atoms with Crippen LogP contribution in [0.3, 0.4) is 0 Å². The summed E-state index contributed by atoms with van der Waals surface area (Å²) < 4.78 is 15.7. The number of methoxy groups -OCH3 is 2. The average molecular weight is 304 g/mol. The first-order valence-electron chi connectivity index (χ1n) is 4.93. The number of rotatable bonds is 4. The van der Waals surface area contributed by atoms with Crippen LogP contribution in [0.4, 0.5) is 5.69 Å². The van der Waals surface area contributed by atoms with Gasteiger partial charge in [-0.2, -0.15) is 0 Å². The van der Waals surface area contributed by atoms with Gasteiger partial charge in [0.1, 0.15) is 15.8 Å². The predicted octanol–water partition coefficient (Wildman–Crippen LogP) is 2.23. The molecular formula is C11H14BrNO4. The van der Waals surface area contributed by atoms with E-state index in [9.17, 15) is 4.79 Å². The van der Waals surface area contributed by atoms with Gasteiger partial charge in [0, 0.05) is 6.07 Å². The van der Waals surface area contributed by atoms with Gasteiger partial charge in [-0.05, 0) is 22.9 Å². The van der Waals surface area contributed by atoms with Gasteiger partial charge in [0.05, 0.1) is 26.5 Å². The molecule has 94 valence electrons. The van der Waals surface area contributed by atoms with Crippen LogP contribution in [0.25, 0.3) is 0 Å². The summed E-state index contributed by atoms with van der Waals surface area (Å²) in [4.78, 5) is 11.8. The monoisotopic (exact) mass is 303 g/mol. The second-order valence-corrected chi connectivity index (χ2v) is 3.90. The zero-order chi connectivity index (χ0) is 13.0. The molecule has 6 heteroatoms. The van der Waals surface area contributed by atoms with E-state index in [2.05, 4.69) is 15.9 Å². The highest BCUT2D eigenvalue weighted by Crippen LogP contribution is 2.40. The maximum Gasteiger partial charge on any atom is 0.344 e. The Morgan fingerprint density at radius 2 is 2.06 bits per heavy atom. The third-order valence-electron chi connectivity index (χ3n) is 2.12. The van der Waals surface area contributed by atoms with Crippen LogP contribution >= 0.6 is 15.9 Å². The van der Waals surface area contributed by atoms with Crippen LogP contribution in [0, 0.1) is 0 Å². The molecule has 5 nitrogen and oxygen atoms in total. The van der Waals surface area contributed by atoms with Crippen LogP contribution in [0.5, 0.6) is 11.5 Å². The van der Waals surface area contributed by atoms with Gasteiger partial charge in [-0.3, -0.25) is 0 Å². The molecule has 0 aliphatic rings. The molecule has 1 rings (SSSR count). The standard InChI is InChI=1S/C11H14BrNO4/c1-4-17-11(14)8-6(13)5-7(15-2)9(12)10(8)16-3/h5H,4,13H2,1-3H3. The number of esters is 1. The fraction of sp³-hybridized carbons (Fsp3) is 0.364. The molecule has 0 spiro atoms. The summed E-state index contributed by atoms with van der Waals surface area (Å²) in [6.07, 6.45) is 0. The molecule has 0 atom stereocenters. The van der Waals surface area contributed by atoms with E-state index in [1.54, 1.807) is 13.0 Å². The molecule has 0 saturated carbocycles. The minimum atomic E-state index is -0.523. The Morgan fingerprint density at radius 3 is 2.53 bits per heavy atom. The summed E-state index contributed by atoms with van der Waals surface area (Å²) in [7, 11) is 2.95. The van der Waals surface area contributed by atoms with Crippen molar-refractivity contribution in [3.05, 3.63) is 16.1 Å². The summed E-state index contributed by atoms with van der Waals surface area (Å²) in [5.41, 5.74) is 6.24. The van der Waals surface area contributed by atoms with E-state index in [0.29, 0.717) is 16.0 Å². The molecular weight excluding hydrogens is 290 g/mol. The highest BCUT2D eigenvalue weighted by atomic mass is 79.9. The number of hydrogen-bond donors (Lipinski definition) is 1. The fourth-order valence-corrected chi connectivity index (χ4v) is 2.02. The summed E-state index contributed by atoms with van der Waals surface area (Å²) >= 11 is 3.29.